The highest BCUT2D eigenvalue weighted by molar-refractivity contribution is 6.20. The third-order valence-corrected chi connectivity index (χ3v) is 2.81. The summed E-state index contributed by atoms with van der Waals surface area (Å²) in [4.78, 5) is 51.4. The van der Waals surface area contributed by atoms with Crippen LogP contribution in [0.15, 0.2) is 24.3 Å². The number of ether oxygens (including phenoxy) is 1. The van der Waals surface area contributed by atoms with Crippen molar-refractivity contribution >= 4 is 23.9 Å². The Labute approximate surface area is 119 Å². The highest BCUT2D eigenvalue weighted by atomic mass is 16.7. The lowest BCUT2D eigenvalue weighted by Gasteiger charge is -2.16. The molecule has 8 heteroatoms. The van der Waals surface area contributed by atoms with Crippen molar-refractivity contribution in [2.75, 3.05) is 7.11 Å². The number of hydrogen-bond donors (Lipinski definition) is 1. The highest BCUT2D eigenvalue weighted by Gasteiger charge is 2.39. The number of nitrogens with zero attached hydrogens (tertiary/aromatic N) is 1. The van der Waals surface area contributed by atoms with E-state index < -0.39 is 29.9 Å². The Morgan fingerprint density at radius 2 is 1.67 bits per heavy atom. The number of benzene rings is 1. The summed E-state index contributed by atoms with van der Waals surface area (Å²) in [6.07, 6.45) is -0.832. The van der Waals surface area contributed by atoms with Gasteiger partial charge >= 0.3 is 12.1 Å². The average Bonchev–Trinajstić information content (AvgIpc) is 2.72. The predicted octanol–water partition coefficient (Wildman–Crippen LogP) is 0.485. The molecule has 0 unspecified atom stereocenters. The molecule has 21 heavy (non-hydrogen) atoms. The number of nitrogens with one attached hydrogen (secondary N) is 1. The summed E-state index contributed by atoms with van der Waals surface area (Å²) in [5, 5.41) is 2.55. The van der Waals surface area contributed by atoms with Crippen LogP contribution in [0.2, 0.25) is 0 Å². The smallest absolute Gasteiger partial charge is 0.407 e. The fraction of sp³-hybridized carbons (Fsp3) is 0.231. The van der Waals surface area contributed by atoms with Crippen LogP contribution in [-0.2, 0) is 14.4 Å². The van der Waals surface area contributed by atoms with Gasteiger partial charge in [-0.05, 0) is 19.1 Å². The van der Waals surface area contributed by atoms with Crippen molar-refractivity contribution in [2.45, 2.75) is 13.0 Å². The van der Waals surface area contributed by atoms with Crippen LogP contribution >= 0.6 is 0 Å². The molecule has 2 rings (SSSR count). The van der Waals surface area contributed by atoms with Gasteiger partial charge in [-0.1, -0.05) is 17.2 Å². The van der Waals surface area contributed by atoms with E-state index in [1.54, 1.807) is 12.1 Å². The number of fused-ring (bicyclic) bond motifs is 1. The van der Waals surface area contributed by atoms with Crippen molar-refractivity contribution in [3.63, 3.8) is 0 Å². The third kappa shape index (κ3) is 2.69. The van der Waals surface area contributed by atoms with E-state index in [9.17, 15) is 19.2 Å². The summed E-state index contributed by atoms with van der Waals surface area (Å²) in [5.41, 5.74) is 0.313. The SMILES string of the molecule is COC(=O)N[C@@H](C)C(=O)ON1C(=O)c2ccccc2C1=O. The number of rotatable bonds is 3. The lowest BCUT2D eigenvalue weighted by Crippen LogP contribution is -2.43. The molecular weight excluding hydrogens is 280 g/mol. The molecule has 1 aliphatic heterocycles. The highest BCUT2D eigenvalue weighted by Crippen LogP contribution is 2.22. The maximum Gasteiger partial charge on any atom is 0.407 e. The maximum absolute atomic E-state index is 12.0. The fourth-order valence-electron chi connectivity index (χ4n) is 1.71. The van der Waals surface area contributed by atoms with Gasteiger partial charge in [0.1, 0.15) is 6.04 Å². The van der Waals surface area contributed by atoms with Gasteiger partial charge in [0, 0.05) is 0 Å². The Hall–Kier alpha value is -2.90. The van der Waals surface area contributed by atoms with E-state index in [-0.39, 0.29) is 11.1 Å². The topological polar surface area (TPSA) is 102 Å². The largest absolute Gasteiger partial charge is 0.453 e. The Bertz CT molecular complexity index is 592. The molecule has 1 aromatic carbocycles. The van der Waals surface area contributed by atoms with E-state index in [1.807, 2.05) is 0 Å². The minimum absolute atomic E-state index is 0.156. The van der Waals surface area contributed by atoms with Crippen molar-refractivity contribution in [2.24, 2.45) is 0 Å². The van der Waals surface area contributed by atoms with E-state index in [0.717, 1.165) is 7.11 Å². The summed E-state index contributed by atoms with van der Waals surface area (Å²) in [7, 11) is 1.14. The molecule has 1 aliphatic rings. The Kier molecular flexibility index (Phi) is 3.88. The van der Waals surface area contributed by atoms with Gasteiger partial charge in [0.15, 0.2) is 0 Å². The molecule has 0 bridgehead atoms. The molecule has 1 N–H and O–H groups in total. The molecule has 1 heterocycles. The van der Waals surface area contributed by atoms with E-state index >= 15 is 0 Å². The van der Waals surface area contributed by atoms with Gasteiger partial charge in [0.25, 0.3) is 11.8 Å². The summed E-state index contributed by atoms with van der Waals surface area (Å²) < 4.78 is 4.33. The van der Waals surface area contributed by atoms with Crippen LogP contribution in [0.1, 0.15) is 27.6 Å². The molecule has 0 aliphatic carbocycles. The lowest BCUT2D eigenvalue weighted by atomic mass is 10.1. The first-order valence-corrected chi connectivity index (χ1v) is 5.99. The minimum Gasteiger partial charge on any atom is -0.453 e. The van der Waals surface area contributed by atoms with Gasteiger partial charge < -0.3 is 14.9 Å². The van der Waals surface area contributed by atoms with Crippen LogP contribution in [0.4, 0.5) is 4.79 Å². The van der Waals surface area contributed by atoms with E-state index in [2.05, 4.69) is 10.1 Å². The van der Waals surface area contributed by atoms with E-state index in [1.165, 1.54) is 19.1 Å². The number of alkyl carbamates (subject to hydrolysis) is 1. The van der Waals surface area contributed by atoms with Crippen molar-refractivity contribution in [1.29, 1.82) is 0 Å². The van der Waals surface area contributed by atoms with Crippen LogP contribution in [-0.4, -0.2) is 42.1 Å². The van der Waals surface area contributed by atoms with Crippen molar-refractivity contribution in [3.05, 3.63) is 35.4 Å². The van der Waals surface area contributed by atoms with Gasteiger partial charge in [0.05, 0.1) is 18.2 Å². The zero-order valence-electron chi connectivity index (χ0n) is 11.3. The standard InChI is InChI=1S/C13H12N2O6/c1-7(14-13(19)20-2)12(18)21-15-10(16)8-5-3-4-6-9(8)11(15)17/h3-7H,1-2H3,(H,14,19)/t7-/m0/s1. The number of imide groups is 1. The summed E-state index contributed by atoms with van der Waals surface area (Å²) >= 11 is 0. The zero-order valence-corrected chi connectivity index (χ0v) is 11.3. The average molecular weight is 292 g/mol. The van der Waals surface area contributed by atoms with E-state index in [4.69, 9.17) is 4.84 Å². The molecular formula is C13H12N2O6. The second-order valence-electron chi connectivity index (χ2n) is 4.22. The number of hydroxylamine groups is 2. The normalized spacial score (nSPS) is 14.5. The molecule has 1 atom stereocenters. The summed E-state index contributed by atoms with van der Waals surface area (Å²) in [6, 6.07) is 5.02. The zero-order chi connectivity index (χ0) is 15.6. The summed E-state index contributed by atoms with van der Waals surface area (Å²) in [6.45, 7) is 1.33. The second-order valence-corrected chi connectivity index (χ2v) is 4.22. The Balaban J connectivity index is 2.08. The molecule has 8 nitrogen and oxygen atoms in total. The van der Waals surface area contributed by atoms with Crippen molar-refractivity contribution < 1.29 is 28.8 Å². The van der Waals surface area contributed by atoms with Crippen LogP contribution in [0.3, 0.4) is 0 Å². The molecule has 0 aromatic heterocycles. The van der Waals surface area contributed by atoms with Crippen LogP contribution in [0.5, 0.6) is 0 Å². The van der Waals surface area contributed by atoms with Gasteiger partial charge in [-0.3, -0.25) is 9.59 Å². The molecule has 0 spiro atoms. The number of hydrogen-bond acceptors (Lipinski definition) is 6. The van der Waals surface area contributed by atoms with Gasteiger partial charge in [-0.2, -0.15) is 0 Å². The van der Waals surface area contributed by atoms with Crippen LogP contribution in [0.25, 0.3) is 0 Å². The molecule has 0 radical (unpaired) electrons. The second kappa shape index (κ2) is 5.61. The molecule has 1 aromatic rings. The molecule has 0 saturated carbocycles. The molecule has 0 saturated heterocycles. The van der Waals surface area contributed by atoms with Crippen molar-refractivity contribution in [3.8, 4) is 0 Å². The van der Waals surface area contributed by atoms with Crippen molar-refractivity contribution in [1.82, 2.24) is 10.4 Å². The first-order chi connectivity index (χ1) is 9.95. The third-order valence-electron chi connectivity index (χ3n) is 2.81. The molecule has 110 valence electrons. The predicted molar refractivity (Wildman–Crippen MR) is 68.0 cm³/mol. The van der Waals surface area contributed by atoms with Gasteiger partial charge in [-0.25, -0.2) is 9.59 Å². The Morgan fingerprint density at radius 1 is 1.14 bits per heavy atom. The first kappa shape index (κ1) is 14.5. The summed E-state index contributed by atoms with van der Waals surface area (Å²) in [5.74, 6) is -2.42. The van der Waals surface area contributed by atoms with Gasteiger partial charge in [-0.15, -0.1) is 0 Å². The van der Waals surface area contributed by atoms with Gasteiger partial charge in [0.2, 0.25) is 0 Å². The lowest BCUT2D eigenvalue weighted by molar-refractivity contribution is -0.170. The van der Waals surface area contributed by atoms with E-state index in [0.29, 0.717) is 5.06 Å². The number of carbonyl (C=O) groups excluding carboxylic acids is 4. The number of amides is 3. The molecule has 3 amide bonds. The van der Waals surface area contributed by atoms with Crippen LogP contribution < -0.4 is 5.32 Å². The first-order valence-electron chi connectivity index (χ1n) is 5.99. The number of carbonyl (C=O) groups is 4. The Morgan fingerprint density at radius 3 is 2.14 bits per heavy atom. The van der Waals surface area contributed by atoms with Crippen LogP contribution in [0, 0.1) is 0 Å². The molecule has 0 fully saturated rings. The quantitative estimate of drug-likeness (QED) is 0.813. The number of methoxy groups -OCH3 is 1. The minimum atomic E-state index is -1.08. The monoisotopic (exact) mass is 292 g/mol. The maximum atomic E-state index is 12.0. The fourth-order valence-corrected chi connectivity index (χ4v) is 1.71.